The Balaban J connectivity index is 2.91. The summed E-state index contributed by atoms with van der Waals surface area (Å²) in [5, 5.41) is 11.6. The van der Waals surface area contributed by atoms with Gasteiger partial charge in [-0.15, -0.1) is 11.8 Å². The number of nitrogens with zero attached hydrogens (tertiary/aromatic N) is 1. The molecule has 0 unspecified atom stereocenters. The molecule has 2 rings (SSSR count). The first kappa shape index (κ1) is 17.5. The Morgan fingerprint density at radius 3 is 2.61 bits per heavy atom. The van der Waals surface area contributed by atoms with Crippen LogP contribution >= 0.6 is 23.4 Å². The summed E-state index contributed by atoms with van der Waals surface area (Å²) in [7, 11) is 0. The van der Waals surface area contributed by atoms with Gasteiger partial charge in [0.25, 0.3) is 5.69 Å². The van der Waals surface area contributed by atoms with Crippen LogP contribution in [-0.2, 0) is 0 Å². The molecule has 1 N–H and O–H groups in total. The van der Waals surface area contributed by atoms with Gasteiger partial charge in [-0.05, 0) is 18.2 Å². The van der Waals surface area contributed by atoms with Gasteiger partial charge in [-0.3, -0.25) is 19.7 Å². The van der Waals surface area contributed by atoms with Crippen molar-refractivity contribution in [3.8, 4) is 0 Å². The van der Waals surface area contributed by atoms with Gasteiger partial charge in [-0.1, -0.05) is 25.4 Å². The van der Waals surface area contributed by atoms with Crippen molar-refractivity contribution in [3.05, 3.63) is 43.1 Å². The molecule has 0 aliphatic heterocycles. The Morgan fingerprint density at radius 2 is 2.09 bits per heavy atom. The molecule has 1 aromatic heterocycles. The van der Waals surface area contributed by atoms with Crippen LogP contribution < -0.4 is 5.43 Å². The van der Waals surface area contributed by atoms with Gasteiger partial charge in [0.05, 0.1) is 26.1 Å². The summed E-state index contributed by atoms with van der Waals surface area (Å²) < 4.78 is 0. The van der Waals surface area contributed by atoms with E-state index in [9.17, 15) is 19.7 Å². The molecule has 1 aromatic carbocycles. The second-order valence-electron chi connectivity index (χ2n) is 5.46. The van der Waals surface area contributed by atoms with Crippen LogP contribution in [0, 0.1) is 16.0 Å². The molecule has 0 radical (unpaired) electrons. The van der Waals surface area contributed by atoms with Crippen molar-refractivity contribution in [3.63, 3.8) is 0 Å². The summed E-state index contributed by atoms with van der Waals surface area (Å²) in [6, 6.07) is 2.53. The lowest BCUT2D eigenvalue weighted by Gasteiger charge is -2.11. The topological polar surface area (TPSA) is 93.1 Å². The largest absolute Gasteiger partial charge is 0.347 e. The number of Topliss-reactive ketones (excluding diaryl/α,β-unsaturated/α-hetero) is 1. The number of carbonyl (C=O) groups is 1. The van der Waals surface area contributed by atoms with Crippen LogP contribution in [0.4, 0.5) is 5.69 Å². The van der Waals surface area contributed by atoms with Gasteiger partial charge < -0.3 is 4.98 Å². The highest BCUT2D eigenvalue weighted by Crippen LogP contribution is 2.31. The molecule has 0 saturated heterocycles. The van der Waals surface area contributed by atoms with E-state index in [-0.39, 0.29) is 45.3 Å². The van der Waals surface area contributed by atoms with E-state index < -0.39 is 10.4 Å². The number of halogens is 1. The molecule has 0 fully saturated rings. The predicted molar refractivity (Wildman–Crippen MR) is 91.8 cm³/mol. The van der Waals surface area contributed by atoms with E-state index in [1.54, 1.807) is 6.26 Å². The zero-order chi connectivity index (χ0) is 17.3. The van der Waals surface area contributed by atoms with Gasteiger partial charge in [0, 0.05) is 12.5 Å². The van der Waals surface area contributed by atoms with Gasteiger partial charge in [-0.2, -0.15) is 0 Å². The Morgan fingerprint density at radius 1 is 1.43 bits per heavy atom. The molecule has 122 valence electrons. The van der Waals surface area contributed by atoms with E-state index in [0.29, 0.717) is 5.03 Å². The third-order valence-corrected chi connectivity index (χ3v) is 4.35. The smallest absolute Gasteiger partial charge is 0.282 e. The molecule has 0 saturated carbocycles. The zero-order valence-corrected chi connectivity index (χ0v) is 14.4. The Bertz CT molecular complexity index is 861. The average molecular weight is 355 g/mol. The number of benzene rings is 1. The van der Waals surface area contributed by atoms with Crippen LogP contribution in [-0.4, -0.2) is 21.9 Å². The fraction of sp³-hybridized carbons (Fsp3) is 0.333. The number of rotatable bonds is 5. The first-order valence-electron chi connectivity index (χ1n) is 6.88. The Hall–Kier alpha value is -1.86. The molecule has 2 aromatic rings. The van der Waals surface area contributed by atoms with Crippen molar-refractivity contribution in [2.75, 3.05) is 6.26 Å². The molecule has 23 heavy (non-hydrogen) atoms. The van der Waals surface area contributed by atoms with Gasteiger partial charge in [-0.25, -0.2) is 0 Å². The van der Waals surface area contributed by atoms with Crippen molar-refractivity contribution in [1.82, 2.24) is 4.98 Å². The van der Waals surface area contributed by atoms with Crippen molar-refractivity contribution >= 4 is 45.7 Å². The molecule has 0 aliphatic carbocycles. The lowest BCUT2D eigenvalue weighted by molar-refractivity contribution is -0.383. The van der Waals surface area contributed by atoms with Crippen LogP contribution in [0.1, 0.15) is 30.6 Å². The maximum Gasteiger partial charge on any atom is 0.282 e. The van der Waals surface area contributed by atoms with E-state index in [4.69, 9.17) is 11.6 Å². The monoisotopic (exact) mass is 354 g/mol. The highest BCUT2D eigenvalue weighted by Gasteiger charge is 2.25. The van der Waals surface area contributed by atoms with Crippen molar-refractivity contribution in [2.24, 2.45) is 5.92 Å². The second kappa shape index (κ2) is 6.72. The number of thioether (sulfide) groups is 1. The summed E-state index contributed by atoms with van der Waals surface area (Å²) in [4.78, 5) is 38.7. The number of H-pyrrole nitrogens is 1. The van der Waals surface area contributed by atoms with Crippen LogP contribution in [0.3, 0.4) is 0 Å². The number of carbonyl (C=O) groups excluding carboxylic acids is 1. The third kappa shape index (κ3) is 3.25. The molecule has 1 heterocycles. The first-order chi connectivity index (χ1) is 10.8. The van der Waals surface area contributed by atoms with E-state index in [1.807, 2.05) is 13.8 Å². The maximum absolute atomic E-state index is 12.8. The van der Waals surface area contributed by atoms with Crippen LogP contribution in [0.25, 0.3) is 10.9 Å². The standard InChI is InChI=1S/C15H15ClN2O4S/c1-7(2)6-10(19)12-14(20)11-9(18(21)22)5-4-8(16)13(11)17-15(12)23-3/h4-5,7H,6H2,1-3H3,(H,17,20). The number of nitrogens with one attached hydrogen (secondary N) is 1. The van der Waals surface area contributed by atoms with E-state index in [2.05, 4.69) is 4.98 Å². The highest BCUT2D eigenvalue weighted by atomic mass is 35.5. The van der Waals surface area contributed by atoms with Gasteiger partial charge in [0.15, 0.2) is 5.78 Å². The number of fused-ring (bicyclic) bond motifs is 1. The molecule has 0 amide bonds. The maximum atomic E-state index is 12.8. The summed E-state index contributed by atoms with van der Waals surface area (Å²) in [5.41, 5.74) is -0.875. The van der Waals surface area contributed by atoms with Crippen LogP contribution in [0.15, 0.2) is 22.0 Å². The van der Waals surface area contributed by atoms with Gasteiger partial charge >= 0.3 is 0 Å². The number of aromatic amines is 1. The molecule has 0 bridgehead atoms. The fourth-order valence-electron chi connectivity index (χ4n) is 2.35. The Labute approximate surface area is 141 Å². The lowest BCUT2D eigenvalue weighted by Crippen LogP contribution is -2.20. The number of ketones is 1. The molecule has 6 nitrogen and oxygen atoms in total. The quantitative estimate of drug-likeness (QED) is 0.378. The molecular formula is C15H15ClN2O4S. The number of nitro groups is 1. The predicted octanol–water partition coefficient (Wildman–Crippen LogP) is 4.04. The summed E-state index contributed by atoms with van der Waals surface area (Å²) in [5.74, 6) is -0.261. The molecule has 8 heteroatoms. The number of nitro benzene ring substituents is 1. The number of hydrogen-bond donors (Lipinski definition) is 1. The molecular weight excluding hydrogens is 340 g/mol. The van der Waals surface area contributed by atoms with Crippen molar-refractivity contribution < 1.29 is 9.72 Å². The van der Waals surface area contributed by atoms with Gasteiger partial charge in [0.1, 0.15) is 5.39 Å². The van der Waals surface area contributed by atoms with E-state index in [1.165, 1.54) is 23.9 Å². The summed E-state index contributed by atoms with van der Waals surface area (Å²) in [6.45, 7) is 3.73. The van der Waals surface area contributed by atoms with E-state index in [0.717, 1.165) is 0 Å². The number of pyridine rings is 1. The number of non-ortho nitro benzene ring substituents is 1. The third-order valence-electron chi connectivity index (χ3n) is 3.33. The SMILES string of the molecule is CSc1[nH]c2c(Cl)ccc([N+](=O)[O-])c2c(=O)c1C(=O)CC(C)C. The van der Waals surface area contributed by atoms with Crippen molar-refractivity contribution in [2.45, 2.75) is 25.3 Å². The average Bonchev–Trinajstić information content (AvgIpc) is 2.46. The fourth-order valence-corrected chi connectivity index (χ4v) is 3.17. The minimum atomic E-state index is -0.650. The summed E-state index contributed by atoms with van der Waals surface area (Å²) >= 11 is 7.26. The summed E-state index contributed by atoms with van der Waals surface area (Å²) in [6.07, 6.45) is 1.91. The highest BCUT2D eigenvalue weighted by molar-refractivity contribution is 7.98. The number of hydrogen-bond acceptors (Lipinski definition) is 5. The van der Waals surface area contributed by atoms with E-state index >= 15 is 0 Å². The second-order valence-corrected chi connectivity index (χ2v) is 6.68. The van der Waals surface area contributed by atoms with Crippen LogP contribution in [0.2, 0.25) is 5.02 Å². The zero-order valence-electron chi connectivity index (χ0n) is 12.8. The minimum Gasteiger partial charge on any atom is -0.347 e. The first-order valence-corrected chi connectivity index (χ1v) is 8.48. The van der Waals surface area contributed by atoms with Crippen LogP contribution in [0.5, 0.6) is 0 Å². The molecule has 0 atom stereocenters. The number of aromatic nitrogens is 1. The molecule has 0 spiro atoms. The minimum absolute atomic E-state index is 0.0379. The Kier molecular flexibility index (Phi) is 5.11. The molecule has 0 aliphatic rings. The lowest BCUT2D eigenvalue weighted by atomic mass is 10.0. The van der Waals surface area contributed by atoms with Crippen molar-refractivity contribution in [1.29, 1.82) is 0 Å². The van der Waals surface area contributed by atoms with Gasteiger partial charge in [0.2, 0.25) is 5.43 Å². The normalized spacial score (nSPS) is 11.2.